The zero-order valence-corrected chi connectivity index (χ0v) is 12.6. The molecule has 0 unspecified atom stereocenters. The fourth-order valence-electron chi connectivity index (χ4n) is 1.66. The maximum absolute atomic E-state index is 6.25. The molecule has 0 radical (unpaired) electrons. The van der Waals surface area contributed by atoms with E-state index >= 15 is 0 Å². The summed E-state index contributed by atoms with van der Waals surface area (Å²) >= 11 is 15.8. The molecule has 2 rings (SSSR count). The molecule has 17 heavy (non-hydrogen) atoms. The minimum absolute atomic E-state index is 0.671. The third kappa shape index (κ3) is 2.37. The summed E-state index contributed by atoms with van der Waals surface area (Å²) < 4.78 is 1.78. The van der Waals surface area contributed by atoms with Gasteiger partial charge in [-0.3, -0.25) is 0 Å². The number of hydrogen-bond donors (Lipinski definition) is 0. The highest BCUT2D eigenvalue weighted by atomic mass is 79.9. The average molecular weight is 334 g/mol. The van der Waals surface area contributed by atoms with Crippen molar-refractivity contribution < 1.29 is 0 Å². The van der Waals surface area contributed by atoms with Gasteiger partial charge in [-0.1, -0.05) is 45.2 Å². The highest BCUT2D eigenvalue weighted by Gasteiger charge is 2.13. The number of nitrogens with zero attached hydrogens (tertiary/aromatic N) is 2. The third-order valence-corrected chi connectivity index (χ3v) is 4.09. The van der Waals surface area contributed by atoms with Gasteiger partial charge in [-0.05, 0) is 31.5 Å². The van der Waals surface area contributed by atoms with Gasteiger partial charge in [-0.15, -0.1) is 0 Å². The molecule has 0 bridgehead atoms. The second-order valence-electron chi connectivity index (χ2n) is 3.82. The Morgan fingerprint density at radius 2 is 2.00 bits per heavy atom. The lowest BCUT2D eigenvalue weighted by Gasteiger charge is -2.08. The van der Waals surface area contributed by atoms with Crippen molar-refractivity contribution in [3.8, 4) is 5.69 Å². The Morgan fingerprint density at radius 1 is 1.29 bits per heavy atom. The normalized spacial score (nSPS) is 10.9. The van der Waals surface area contributed by atoms with E-state index in [9.17, 15) is 0 Å². The summed E-state index contributed by atoms with van der Waals surface area (Å²) in [5.74, 6) is 0. The Labute approximate surface area is 119 Å². The van der Waals surface area contributed by atoms with Crippen LogP contribution >= 0.6 is 39.1 Å². The Hall–Kier alpha value is -0.510. The molecule has 1 aromatic heterocycles. The third-order valence-electron chi connectivity index (χ3n) is 2.60. The highest BCUT2D eigenvalue weighted by Crippen LogP contribution is 2.27. The Bertz CT molecular complexity index is 564. The maximum Gasteiger partial charge on any atom is 0.0848 e. The van der Waals surface area contributed by atoms with E-state index in [4.69, 9.17) is 23.2 Å². The van der Waals surface area contributed by atoms with Gasteiger partial charge in [0.1, 0.15) is 0 Å². The summed E-state index contributed by atoms with van der Waals surface area (Å²) in [7, 11) is 0. The van der Waals surface area contributed by atoms with Crippen molar-refractivity contribution in [1.29, 1.82) is 0 Å². The van der Waals surface area contributed by atoms with Crippen LogP contribution in [0.3, 0.4) is 0 Å². The van der Waals surface area contributed by atoms with Gasteiger partial charge in [0.15, 0.2) is 0 Å². The van der Waals surface area contributed by atoms with Crippen LogP contribution in [0.15, 0.2) is 18.2 Å². The first-order valence-electron chi connectivity index (χ1n) is 5.11. The fourth-order valence-corrected chi connectivity index (χ4v) is 2.41. The Morgan fingerprint density at radius 3 is 2.47 bits per heavy atom. The van der Waals surface area contributed by atoms with Crippen molar-refractivity contribution in [3.63, 3.8) is 0 Å². The molecule has 0 saturated carbocycles. The van der Waals surface area contributed by atoms with Gasteiger partial charge in [0.05, 0.1) is 27.1 Å². The van der Waals surface area contributed by atoms with Gasteiger partial charge in [-0.25, -0.2) is 4.68 Å². The summed E-state index contributed by atoms with van der Waals surface area (Å²) in [6.45, 7) is 3.81. The maximum atomic E-state index is 6.25. The molecule has 0 aliphatic carbocycles. The van der Waals surface area contributed by atoms with E-state index in [0.29, 0.717) is 10.0 Å². The second kappa shape index (κ2) is 5.01. The standard InChI is InChI=1S/C12H11BrCl2N2/c1-7-12(15)8(2)17(16-7)11-4-3-9(6-13)5-10(11)14/h3-5H,6H2,1-2H3. The van der Waals surface area contributed by atoms with E-state index in [0.717, 1.165) is 28.0 Å². The quantitative estimate of drug-likeness (QED) is 0.729. The molecule has 90 valence electrons. The Balaban J connectivity index is 2.57. The lowest BCUT2D eigenvalue weighted by molar-refractivity contribution is 0.833. The first-order valence-corrected chi connectivity index (χ1v) is 6.99. The highest BCUT2D eigenvalue weighted by molar-refractivity contribution is 9.08. The van der Waals surface area contributed by atoms with E-state index in [-0.39, 0.29) is 0 Å². The molecular formula is C12H11BrCl2N2. The van der Waals surface area contributed by atoms with Gasteiger partial charge in [0.2, 0.25) is 0 Å². The number of aryl methyl sites for hydroxylation is 1. The minimum atomic E-state index is 0.671. The summed E-state index contributed by atoms with van der Waals surface area (Å²) in [5.41, 5.74) is 3.69. The predicted molar refractivity (Wildman–Crippen MR) is 75.7 cm³/mol. The monoisotopic (exact) mass is 332 g/mol. The van der Waals surface area contributed by atoms with Gasteiger partial charge >= 0.3 is 0 Å². The van der Waals surface area contributed by atoms with E-state index in [1.807, 2.05) is 32.0 Å². The summed E-state index contributed by atoms with van der Waals surface area (Å²) in [5, 5.41) is 6.52. The van der Waals surface area contributed by atoms with Crippen LogP contribution in [0.4, 0.5) is 0 Å². The number of benzene rings is 1. The average Bonchev–Trinajstić information content (AvgIpc) is 2.57. The molecule has 0 aliphatic rings. The van der Waals surface area contributed by atoms with E-state index in [2.05, 4.69) is 21.0 Å². The summed E-state index contributed by atoms with van der Waals surface area (Å²) in [6.07, 6.45) is 0. The number of halogens is 3. The second-order valence-corrected chi connectivity index (χ2v) is 5.16. The minimum Gasteiger partial charge on any atom is -0.235 e. The van der Waals surface area contributed by atoms with Gasteiger partial charge in [-0.2, -0.15) is 5.10 Å². The van der Waals surface area contributed by atoms with E-state index in [1.165, 1.54) is 0 Å². The molecule has 2 nitrogen and oxygen atoms in total. The molecule has 2 aromatic rings. The van der Waals surface area contributed by atoms with Crippen LogP contribution in [-0.4, -0.2) is 9.78 Å². The van der Waals surface area contributed by atoms with Crippen LogP contribution in [0.5, 0.6) is 0 Å². The molecule has 5 heteroatoms. The molecule has 0 aliphatic heterocycles. The largest absolute Gasteiger partial charge is 0.235 e. The molecule has 1 aromatic carbocycles. The first kappa shape index (κ1) is 12.9. The van der Waals surface area contributed by atoms with Crippen molar-refractivity contribution in [2.45, 2.75) is 19.2 Å². The van der Waals surface area contributed by atoms with Crippen LogP contribution in [0.25, 0.3) is 5.69 Å². The van der Waals surface area contributed by atoms with Crippen molar-refractivity contribution in [2.75, 3.05) is 0 Å². The van der Waals surface area contributed by atoms with Crippen molar-refractivity contribution in [3.05, 3.63) is 45.2 Å². The zero-order valence-electron chi connectivity index (χ0n) is 9.47. The topological polar surface area (TPSA) is 17.8 Å². The Kier molecular flexibility index (Phi) is 3.81. The van der Waals surface area contributed by atoms with Crippen LogP contribution in [-0.2, 0) is 5.33 Å². The van der Waals surface area contributed by atoms with Crippen LogP contribution in [0.2, 0.25) is 10.0 Å². The van der Waals surface area contributed by atoms with E-state index in [1.54, 1.807) is 4.68 Å². The SMILES string of the molecule is Cc1nn(-c2ccc(CBr)cc2Cl)c(C)c1Cl. The molecule has 0 atom stereocenters. The smallest absolute Gasteiger partial charge is 0.0848 e. The number of hydrogen-bond acceptors (Lipinski definition) is 1. The summed E-state index contributed by atoms with van der Waals surface area (Å²) in [6, 6.07) is 5.89. The van der Waals surface area contributed by atoms with Gasteiger partial charge < -0.3 is 0 Å². The molecule has 1 heterocycles. The number of aromatic nitrogens is 2. The molecule has 0 N–H and O–H groups in total. The fraction of sp³-hybridized carbons (Fsp3) is 0.250. The number of alkyl halides is 1. The van der Waals surface area contributed by atoms with Gasteiger partial charge in [0, 0.05) is 5.33 Å². The molecule has 0 amide bonds. The van der Waals surface area contributed by atoms with Crippen molar-refractivity contribution >= 4 is 39.1 Å². The predicted octanol–water partition coefficient (Wildman–Crippen LogP) is 4.69. The zero-order chi connectivity index (χ0) is 12.6. The van der Waals surface area contributed by atoms with Gasteiger partial charge in [0.25, 0.3) is 0 Å². The lowest BCUT2D eigenvalue weighted by atomic mass is 10.2. The number of rotatable bonds is 2. The molecule has 0 spiro atoms. The first-order chi connectivity index (χ1) is 8.04. The van der Waals surface area contributed by atoms with Crippen LogP contribution in [0, 0.1) is 13.8 Å². The molecule has 0 fully saturated rings. The van der Waals surface area contributed by atoms with Crippen LogP contribution < -0.4 is 0 Å². The van der Waals surface area contributed by atoms with Crippen LogP contribution in [0.1, 0.15) is 17.0 Å². The van der Waals surface area contributed by atoms with Crippen molar-refractivity contribution in [1.82, 2.24) is 9.78 Å². The molecular weight excluding hydrogens is 323 g/mol. The summed E-state index contributed by atoms with van der Waals surface area (Å²) in [4.78, 5) is 0. The van der Waals surface area contributed by atoms with E-state index < -0.39 is 0 Å². The lowest BCUT2D eigenvalue weighted by Crippen LogP contribution is -2.00. The molecule has 0 saturated heterocycles. The van der Waals surface area contributed by atoms with Crippen molar-refractivity contribution in [2.24, 2.45) is 0 Å².